The number of unbranched alkanes of at least 4 members (excludes halogenated alkanes) is 2. The first-order valence-corrected chi connectivity index (χ1v) is 8.60. The summed E-state index contributed by atoms with van der Waals surface area (Å²) in [7, 11) is 0. The monoisotopic (exact) mass is 358 g/mol. The molecule has 7 heteroatoms. The van der Waals surface area contributed by atoms with Gasteiger partial charge in [-0.05, 0) is 38.5 Å². The van der Waals surface area contributed by atoms with Gasteiger partial charge in [0.15, 0.2) is 0 Å². The number of hydrogen-bond donors (Lipinski definition) is 5. The minimum absolute atomic E-state index is 0.134. The Morgan fingerprint density at radius 2 is 1.52 bits per heavy atom. The van der Waals surface area contributed by atoms with Crippen molar-refractivity contribution in [2.45, 2.75) is 76.1 Å². The number of carbonyl (C=O) groups is 2. The van der Waals surface area contributed by atoms with Crippen molar-refractivity contribution < 1.29 is 35.1 Å². The van der Waals surface area contributed by atoms with E-state index in [2.05, 4.69) is 0 Å². The number of allylic oxidation sites excluding steroid dienone is 3. The van der Waals surface area contributed by atoms with Gasteiger partial charge in [-0.25, -0.2) is 0 Å². The van der Waals surface area contributed by atoms with Crippen LogP contribution in [0.3, 0.4) is 0 Å². The van der Waals surface area contributed by atoms with Gasteiger partial charge in [-0.2, -0.15) is 0 Å². The second kappa shape index (κ2) is 14.6. The highest BCUT2D eigenvalue weighted by Gasteiger charge is 2.14. The standard InChI is InChI=1S/C18H30O7/c19-14(12-15(20)10-11-16(21)13-18(24)25)8-6-4-2-1-3-5-7-9-17(22)23/h1-2,6,8,14-16,19-21H,3-5,7,9-13H2,(H,22,23)(H,24,25)/b2-1-,8-6-/t14-,15-,16+/m1/s1. The van der Waals surface area contributed by atoms with E-state index in [1.807, 2.05) is 12.2 Å². The Bertz CT molecular complexity index is 431. The molecule has 25 heavy (non-hydrogen) atoms. The number of aliphatic hydroxyl groups is 3. The van der Waals surface area contributed by atoms with Gasteiger partial charge in [0.05, 0.1) is 24.7 Å². The van der Waals surface area contributed by atoms with Crippen LogP contribution in [0.1, 0.15) is 57.8 Å². The average molecular weight is 358 g/mol. The van der Waals surface area contributed by atoms with Gasteiger partial charge in [0.2, 0.25) is 0 Å². The third-order valence-electron chi connectivity index (χ3n) is 3.57. The molecule has 0 spiro atoms. The summed E-state index contributed by atoms with van der Waals surface area (Å²) in [6.45, 7) is 0. The summed E-state index contributed by atoms with van der Waals surface area (Å²) >= 11 is 0. The van der Waals surface area contributed by atoms with Crippen LogP contribution in [0.4, 0.5) is 0 Å². The molecule has 0 saturated carbocycles. The van der Waals surface area contributed by atoms with Gasteiger partial charge in [0.1, 0.15) is 0 Å². The predicted octanol–water partition coefficient (Wildman–Crippen LogP) is 1.86. The molecule has 0 bridgehead atoms. The smallest absolute Gasteiger partial charge is 0.305 e. The minimum Gasteiger partial charge on any atom is -0.481 e. The number of rotatable bonds is 15. The largest absolute Gasteiger partial charge is 0.481 e. The lowest BCUT2D eigenvalue weighted by Crippen LogP contribution is -2.20. The Balaban J connectivity index is 3.75. The van der Waals surface area contributed by atoms with Crippen molar-refractivity contribution in [1.29, 1.82) is 0 Å². The summed E-state index contributed by atoms with van der Waals surface area (Å²) in [5.74, 6) is -1.86. The van der Waals surface area contributed by atoms with E-state index < -0.39 is 30.3 Å². The molecule has 0 aliphatic heterocycles. The maximum absolute atomic E-state index is 10.4. The van der Waals surface area contributed by atoms with Crippen molar-refractivity contribution >= 4 is 11.9 Å². The van der Waals surface area contributed by atoms with Crippen LogP contribution >= 0.6 is 0 Å². The highest BCUT2D eigenvalue weighted by atomic mass is 16.4. The zero-order valence-corrected chi connectivity index (χ0v) is 14.5. The van der Waals surface area contributed by atoms with E-state index in [0.717, 1.165) is 12.8 Å². The highest BCUT2D eigenvalue weighted by Crippen LogP contribution is 2.10. The summed E-state index contributed by atoms with van der Waals surface area (Å²) in [6, 6.07) is 0. The fourth-order valence-corrected chi connectivity index (χ4v) is 2.23. The summed E-state index contributed by atoms with van der Waals surface area (Å²) < 4.78 is 0. The third-order valence-corrected chi connectivity index (χ3v) is 3.57. The SMILES string of the molecule is O=C(O)CCCC/C=C\C/C=C\[C@@H](O)C[C@H](O)CC[C@H](O)CC(=O)O. The third kappa shape index (κ3) is 16.9. The molecule has 0 unspecified atom stereocenters. The quantitative estimate of drug-likeness (QED) is 0.223. The normalized spacial score (nSPS) is 15.5. The molecule has 0 aliphatic rings. The molecule has 0 saturated heterocycles. The average Bonchev–Trinajstić information content (AvgIpc) is 2.50. The van der Waals surface area contributed by atoms with Gasteiger partial charge in [-0.15, -0.1) is 0 Å². The van der Waals surface area contributed by atoms with E-state index in [1.165, 1.54) is 0 Å². The van der Waals surface area contributed by atoms with Crippen molar-refractivity contribution in [1.82, 2.24) is 0 Å². The fraction of sp³-hybridized carbons (Fsp3) is 0.667. The maximum atomic E-state index is 10.4. The molecule has 3 atom stereocenters. The van der Waals surface area contributed by atoms with Crippen LogP contribution in [0, 0.1) is 0 Å². The van der Waals surface area contributed by atoms with Crippen LogP contribution in [0.15, 0.2) is 24.3 Å². The van der Waals surface area contributed by atoms with Gasteiger partial charge < -0.3 is 25.5 Å². The molecular formula is C18H30O7. The molecule has 0 amide bonds. The molecule has 0 radical (unpaired) electrons. The zero-order valence-electron chi connectivity index (χ0n) is 14.5. The van der Waals surface area contributed by atoms with E-state index in [0.29, 0.717) is 12.8 Å². The summed E-state index contributed by atoms with van der Waals surface area (Å²) in [6.07, 6.45) is 8.03. The Hall–Kier alpha value is -1.70. The molecule has 7 nitrogen and oxygen atoms in total. The predicted molar refractivity (Wildman–Crippen MR) is 93.1 cm³/mol. The van der Waals surface area contributed by atoms with E-state index in [1.54, 1.807) is 12.2 Å². The summed E-state index contributed by atoms with van der Waals surface area (Å²) in [4.78, 5) is 20.7. The van der Waals surface area contributed by atoms with E-state index in [4.69, 9.17) is 10.2 Å². The maximum Gasteiger partial charge on any atom is 0.305 e. The molecule has 0 rings (SSSR count). The van der Waals surface area contributed by atoms with Crippen LogP contribution in [0.5, 0.6) is 0 Å². The fourth-order valence-electron chi connectivity index (χ4n) is 2.23. The topological polar surface area (TPSA) is 135 Å². The van der Waals surface area contributed by atoms with Crippen molar-refractivity contribution in [3.63, 3.8) is 0 Å². The molecular weight excluding hydrogens is 328 g/mol. The highest BCUT2D eigenvalue weighted by molar-refractivity contribution is 5.67. The van der Waals surface area contributed by atoms with Gasteiger partial charge >= 0.3 is 11.9 Å². The van der Waals surface area contributed by atoms with Gasteiger partial charge in [-0.1, -0.05) is 24.3 Å². The first kappa shape index (κ1) is 23.3. The lowest BCUT2D eigenvalue weighted by atomic mass is 10.0. The van der Waals surface area contributed by atoms with Crippen molar-refractivity contribution in [3.8, 4) is 0 Å². The van der Waals surface area contributed by atoms with Crippen molar-refractivity contribution in [2.75, 3.05) is 0 Å². The lowest BCUT2D eigenvalue weighted by Gasteiger charge is -2.14. The first-order chi connectivity index (χ1) is 11.8. The Kier molecular flexibility index (Phi) is 13.6. The van der Waals surface area contributed by atoms with E-state index in [9.17, 15) is 24.9 Å². The number of carboxylic acids is 2. The number of hydrogen-bond acceptors (Lipinski definition) is 5. The van der Waals surface area contributed by atoms with Gasteiger partial charge in [-0.3, -0.25) is 9.59 Å². The molecule has 0 aromatic rings. The number of carboxylic acid groups (broad SMARTS) is 2. The Morgan fingerprint density at radius 1 is 0.840 bits per heavy atom. The first-order valence-electron chi connectivity index (χ1n) is 8.60. The summed E-state index contributed by atoms with van der Waals surface area (Å²) in [5, 5.41) is 45.9. The molecule has 0 fully saturated rings. The molecule has 144 valence electrons. The number of aliphatic hydroxyl groups excluding tert-OH is 3. The van der Waals surface area contributed by atoms with Crippen LogP contribution in [0.25, 0.3) is 0 Å². The zero-order chi connectivity index (χ0) is 19.1. The molecule has 0 aliphatic carbocycles. The van der Waals surface area contributed by atoms with E-state index in [-0.39, 0.29) is 32.1 Å². The second-order valence-corrected chi connectivity index (χ2v) is 6.06. The van der Waals surface area contributed by atoms with E-state index >= 15 is 0 Å². The van der Waals surface area contributed by atoms with Crippen LogP contribution < -0.4 is 0 Å². The van der Waals surface area contributed by atoms with Gasteiger partial charge in [0, 0.05) is 12.8 Å². The molecule has 0 aromatic heterocycles. The second-order valence-electron chi connectivity index (χ2n) is 6.06. The van der Waals surface area contributed by atoms with Crippen LogP contribution in [0.2, 0.25) is 0 Å². The Labute approximate surface area is 148 Å². The van der Waals surface area contributed by atoms with Crippen molar-refractivity contribution in [3.05, 3.63) is 24.3 Å². The molecule has 0 heterocycles. The van der Waals surface area contributed by atoms with Crippen molar-refractivity contribution in [2.24, 2.45) is 0 Å². The van der Waals surface area contributed by atoms with Crippen LogP contribution in [-0.2, 0) is 9.59 Å². The lowest BCUT2D eigenvalue weighted by molar-refractivity contribution is -0.139. The van der Waals surface area contributed by atoms with Gasteiger partial charge in [0.25, 0.3) is 0 Å². The molecule has 5 N–H and O–H groups in total. The number of aliphatic carboxylic acids is 2. The summed E-state index contributed by atoms with van der Waals surface area (Å²) in [5.41, 5.74) is 0. The molecule has 0 aromatic carbocycles. The van der Waals surface area contributed by atoms with Crippen LogP contribution in [-0.4, -0.2) is 55.8 Å². The Morgan fingerprint density at radius 3 is 2.16 bits per heavy atom. The minimum atomic E-state index is -1.08.